The van der Waals surface area contributed by atoms with Crippen LogP contribution in [-0.2, 0) is 23.1 Å². The number of hydrogen-bond donors (Lipinski definition) is 1. The molecule has 3 aliphatic rings. The highest BCUT2D eigenvalue weighted by Crippen LogP contribution is 2.39. The molecule has 1 aromatic heterocycles. The summed E-state index contributed by atoms with van der Waals surface area (Å²) in [6.07, 6.45) is 5.60. The van der Waals surface area contributed by atoms with Gasteiger partial charge in [-0.05, 0) is 75.4 Å². The Labute approximate surface area is 303 Å². The van der Waals surface area contributed by atoms with E-state index < -0.39 is 6.03 Å². The molecular weight excluding hydrogens is 674 g/mol. The number of pyridine rings is 1. The Bertz CT molecular complexity index is 1880. The van der Waals surface area contributed by atoms with E-state index in [9.17, 15) is 19.2 Å². The SMILES string of the molecule is COc1cc(-c2cn(C)c(=O)c(C)c2C)c(OC)cc1CN1CCC(OC2CCN(C(=O)c3ccc(Cl)c(N4CCC(=O)NC4=O)c3)CC2)CC1. The van der Waals surface area contributed by atoms with Gasteiger partial charge in [0.25, 0.3) is 11.5 Å². The van der Waals surface area contributed by atoms with Crippen molar-refractivity contribution in [1.29, 1.82) is 0 Å². The third kappa shape index (κ3) is 7.78. The Morgan fingerprint density at radius 2 is 1.53 bits per heavy atom. The maximum Gasteiger partial charge on any atom is 0.328 e. The summed E-state index contributed by atoms with van der Waals surface area (Å²) in [6.45, 7) is 7.66. The molecule has 3 aliphatic heterocycles. The summed E-state index contributed by atoms with van der Waals surface area (Å²) < 4.78 is 19.9. The highest BCUT2D eigenvalue weighted by molar-refractivity contribution is 6.34. The molecule has 3 fully saturated rings. The van der Waals surface area contributed by atoms with Crippen molar-refractivity contribution >= 4 is 35.1 Å². The van der Waals surface area contributed by atoms with Gasteiger partial charge < -0.3 is 23.7 Å². The number of rotatable bonds is 9. The van der Waals surface area contributed by atoms with Crippen LogP contribution in [-0.4, -0.2) is 91.4 Å². The number of nitrogens with zero attached hydrogens (tertiary/aromatic N) is 4. The third-order valence-electron chi connectivity index (χ3n) is 10.4. The van der Waals surface area contributed by atoms with E-state index in [1.165, 1.54) is 4.90 Å². The highest BCUT2D eigenvalue weighted by atomic mass is 35.5. The number of nitrogens with one attached hydrogen (secondary N) is 1. The first-order chi connectivity index (χ1) is 24.5. The average Bonchev–Trinajstić information content (AvgIpc) is 3.13. The zero-order valence-corrected chi connectivity index (χ0v) is 30.7. The number of carbonyl (C=O) groups is 3. The molecule has 272 valence electrons. The lowest BCUT2D eigenvalue weighted by molar-refractivity contribution is -0.120. The molecule has 6 rings (SSSR count). The summed E-state index contributed by atoms with van der Waals surface area (Å²) in [4.78, 5) is 55.5. The molecule has 0 saturated carbocycles. The Kier molecular flexibility index (Phi) is 11.0. The Balaban J connectivity index is 1.02. The lowest BCUT2D eigenvalue weighted by Crippen LogP contribution is -2.49. The monoisotopic (exact) mass is 719 g/mol. The summed E-state index contributed by atoms with van der Waals surface area (Å²) in [5.41, 5.74) is 5.35. The highest BCUT2D eigenvalue weighted by Gasteiger charge is 2.30. The van der Waals surface area contributed by atoms with Gasteiger partial charge in [0.2, 0.25) is 5.91 Å². The minimum absolute atomic E-state index is 0.0111. The maximum atomic E-state index is 13.4. The number of anilines is 1. The molecule has 2 aromatic carbocycles. The number of likely N-dealkylation sites (tertiary alicyclic amines) is 2. The number of imide groups is 1. The van der Waals surface area contributed by atoms with Gasteiger partial charge in [-0.2, -0.15) is 0 Å². The van der Waals surface area contributed by atoms with Gasteiger partial charge in [0.1, 0.15) is 11.5 Å². The fraction of sp³-hybridized carbons (Fsp3) is 0.474. The number of carbonyl (C=O) groups excluding carboxylic acids is 3. The fourth-order valence-electron chi connectivity index (χ4n) is 7.28. The van der Waals surface area contributed by atoms with Gasteiger partial charge in [0.15, 0.2) is 0 Å². The largest absolute Gasteiger partial charge is 0.496 e. The summed E-state index contributed by atoms with van der Waals surface area (Å²) in [5, 5.41) is 2.64. The quantitative estimate of drug-likeness (QED) is 0.326. The number of benzene rings is 2. The lowest BCUT2D eigenvalue weighted by Gasteiger charge is -2.37. The topological polar surface area (TPSA) is 123 Å². The summed E-state index contributed by atoms with van der Waals surface area (Å²) in [5.74, 6) is 1.07. The molecular formula is C38H46ClN5O7. The zero-order chi connectivity index (χ0) is 36.4. The number of aromatic nitrogens is 1. The standard InChI is InChI=1S/C38H46ClN5O7/c1-23-24(2)36(46)41(3)22-30(23)29-20-33(49-4)26(19-34(29)50-5)21-42-13-8-27(9-14-42)51-28-10-15-43(16-11-28)37(47)25-6-7-31(39)32(18-25)44-17-12-35(45)40-38(44)48/h6-7,18-20,22,27-28H,8-17,21H2,1-5H3,(H,40,45,48). The number of aryl methyl sites for hydroxylation is 1. The molecule has 12 nitrogen and oxygen atoms in total. The van der Waals surface area contributed by atoms with E-state index in [-0.39, 0.29) is 42.5 Å². The molecule has 13 heteroatoms. The number of hydrogen-bond acceptors (Lipinski definition) is 8. The molecule has 0 aliphatic carbocycles. The van der Waals surface area contributed by atoms with E-state index in [0.717, 1.165) is 72.5 Å². The molecule has 0 radical (unpaired) electrons. The molecule has 0 bridgehead atoms. The van der Waals surface area contributed by atoms with Crippen molar-refractivity contribution in [2.45, 2.75) is 64.7 Å². The van der Waals surface area contributed by atoms with Crippen LogP contribution >= 0.6 is 11.6 Å². The van der Waals surface area contributed by atoms with E-state index in [0.29, 0.717) is 41.5 Å². The smallest absolute Gasteiger partial charge is 0.328 e. The van der Waals surface area contributed by atoms with Crippen LogP contribution in [0.1, 0.15) is 59.2 Å². The van der Waals surface area contributed by atoms with Crippen molar-refractivity contribution in [1.82, 2.24) is 19.7 Å². The number of amides is 4. The normalized spacial score (nSPS) is 17.8. The van der Waals surface area contributed by atoms with Crippen molar-refractivity contribution in [3.63, 3.8) is 0 Å². The predicted molar refractivity (Wildman–Crippen MR) is 195 cm³/mol. The average molecular weight is 720 g/mol. The lowest BCUT2D eigenvalue weighted by atomic mass is 9.96. The van der Waals surface area contributed by atoms with Crippen LogP contribution in [0.15, 0.2) is 41.3 Å². The maximum absolute atomic E-state index is 13.4. The first-order valence-corrected chi connectivity index (χ1v) is 17.8. The van der Waals surface area contributed by atoms with Gasteiger partial charge in [0, 0.05) is 86.8 Å². The predicted octanol–water partition coefficient (Wildman–Crippen LogP) is 5.07. The second-order valence-electron chi connectivity index (χ2n) is 13.6. The number of halogens is 1. The first-order valence-electron chi connectivity index (χ1n) is 17.5. The molecule has 0 unspecified atom stereocenters. The van der Waals surface area contributed by atoms with Crippen LogP contribution in [0.2, 0.25) is 5.02 Å². The van der Waals surface area contributed by atoms with Gasteiger partial charge in [-0.1, -0.05) is 11.6 Å². The first kappa shape index (κ1) is 36.4. The molecule has 1 N–H and O–H groups in total. The van der Waals surface area contributed by atoms with E-state index in [1.54, 1.807) is 44.0 Å². The van der Waals surface area contributed by atoms with Gasteiger partial charge in [0.05, 0.1) is 37.1 Å². The van der Waals surface area contributed by atoms with Crippen LogP contribution < -0.4 is 25.2 Å². The molecule has 0 spiro atoms. The molecule has 4 amide bonds. The van der Waals surface area contributed by atoms with Crippen LogP contribution in [0, 0.1) is 13.8 Å². The van der Waals surface area contributed by atoms with Gasteiger partial charge in [-0.15, -0.1) is 0 Å². The zero-order valence-electron chi connectivity index (χ0n) is 29.9. The third-order valence-corrected chi connectivity index (χ3v) is 10.7. The van der Waals surface area contributed by atoms with E-state index in [4.69, 9.17) is 25.8 Å². The van der Waals surface area contributed by atoms with E-state index in [2.05, 4.69) is 10.2 Å². The Morgan fingerprint density at radius 1 is 0.863 bits per heavy atom. The number of ether oxygens (including phenoxy) is 3. The van der Waals surface area contributed by atoms with Gasteiger partial charge in [-0.3, -0.25) is 29.5 Å². The number of urea groups is 1. The van der Waals surface area contributed by atoms with E-state index in [1.807, 2.05) is 37.1 Å². The van der Waals surface area contributed by atoms with Crippen LogP contribution in [0.25, 0.3) is 11.1 Å². The molecule has 3 saturated heterocycles. The molecule has 3 aromatic rings. The van der Waals surface area contributed by atoms with Crippen molar-refractivity contribution < 1.29 is 28.6 Å². The van der Waals surface area contributed by atoms with Crippen LogP contribution in [0.4, 0.5) is 10.5 Å². The summed E-state index contributed by atoms with van der Waals surface area (Å²) >= 11 is 6.38. The van der Waals surface area contributed by atoms with E-state index >= 15 is 0 Å². The fourth-order valence-corrected chi connectivity index (χ4v) is 7.50. The second kappa shape index (κ2) is 15.5. The van der Waals surface area contributed by atoms with Gasteiger partial charge >= 0.3 is 6.03 Å². The molecule has 4 heterocycles. The minimum atomic E-state index is -0.542. The van der Waals surface area contributed by atoms with Crippen LogP contribution in [0.5, 0.6) is 11.5 Å². The summed E-state index contributed by atoms with van der Waals surface area (Å²) in [7, 11) is 5.11. The van der Waals surface area contributed by atoms with Crippen LogP contribution in [0.3, 0.4) is 0 Å². The number of methoxy groups -OCH3 is 2. The van der Waals surface area contributed by atoms with Crippen molar-refractivity contribution in [2.24, 2.45) is 7.05 Å². The molecule has 51 heavy (non-hydrogen) atoms. The Hall–Kier alpha value is -4.39. The second-order valence-corrected chi connectivity index (χ2v) is 14.0. The minimum Gasteiger partial charge on any atom is -0.496 e. The Morgan fingerprint density at radius 3 is 2.18 bits per heavy atom. The summed E-state index contributed by atoms with van der Waals surface area (Å²) in [6, 6.07) is 8.44. The van der Waals surface area contributed by atoms with Crippen molar-refractivity contribution in [3.8, 4) is 22.6 Å². The van der Waals surface area contributed by atoms with Crippen molar-refractivity contribution in [2.75, 3.05) is 51.8 Å². The molecule has 0 atom stereocenters. The number of piperidine rings is 2. The van der Waals surface area contributed by atoms with Crippen molar-refractivity contribution in [3.05, 3.63) is 74.2 Å². The van der Waals surface area contributed by atoms with Gasteiger partial charge in [-0.25, -0.2) is 4.79 Å².